The Balaban J connectivity index is 1.85. The van der Waals surface area contributed by atoms with Crippen LogP contribution < -0.4 is 5.73 Å². The summed E-state index contributed by atoms with van der Waals surface area (Å²) in [5, 5.41) is 0. The first-order valence-electron chi connectivity index (χ1n) is 5.78. The van der Waals surface area contributed by atoms with Gasteiger partial charge in [-0.15, -0.1) is 0 Å². The Bertz CT molecular complexity index is 303. The first kappa shape index (κ1) is 10.6. The van der Waals surface area contributed by atoms with Crippen molar-refractivity contribution in [2.24, 2.45) is 5.73 Å². The van der Waals surface area contributed by atoms with Gasteiger partial charge in [-0.1, -0.05) is 6.92 Å². The van der Waals surface area contributed by atoms with Crippen LogP contribution in [-0.4, -0.2) is 33.6 Å². The van der Waals surface area contributed by atoms with Gasteiger partial charge in [0.15, 0.2) is 0 Å². The second kappa shape index (κ2) is 4.77. The van der Waals surface area contributed by atoms with Crippen molar-refractivity contribution < 1.29 is 0 Å². The molecular weight excluding hydrogens is 188 g/mol. The second-order valence-corrected chi connectivity index (χ2v) is 4.14. The Morgan fingerprint density at radius 1 is 1.60 bits per heavy atom. The molecule has 0 unspecified atom stereocenters. The maximum absolute atomic E-state index is 5.63. The molecule has 0 radical (unpaired) electrons. The predicted molar refractivity (Wildman–Crippen MR) is 60.4 cm³/mol. The van der Waals surface area contributed by atoms with E-state index < -0.39 is 0 Å². The fraction of sp³-hybridized carbons (Fsp3) is 0.727. The normalized spacial score (nSPS) is 16.2. The van der Waals surface area contributed by atoms with E-state index in [2.05, 4.69) is 21.4 Å². The minimum atomic E-state index is 0.579. The van der Waals surface area contributed by atoms with Crippen molar-refractivity contribution in [1.29, 1.82) is 0 Å². The number of hydrogen-bond acceptors (Lipinski definition) is 3. The van der Waals surface area contributed by atoms with Crippen molar-refractivity contribution in [2.75, 3.05) is 13.1 Å². The third kappa shape index (κ3) is 2.58. The molecule has 4 heteroatoms. The highest BCUT2D eigenvalue weighted by atomic mass is 15.2. The largest absolute Gasteiger partial charge is 0.332 e. The molecule has 0 saturated heterocycles. The molecular formula is C11H20N4. The number of rotatable bonds is 6. The minimum absolute atomic E-state index is 0.579. The molecule has 1 aromatic heterocycles. The zero-order valence-corrected chi connectivity index (χ0v) is 9.39. The first-order valence-corrected chi connectivity index (χ1v) is 5.78. The van der Waals surface area contributed by atoms with E-state index in [0.717, 1.165) is 31.4 Å². The molecule has 2 N–H and O–H groups in total. The Morgan fingerprint density at radius 3 is 3.00 bits per heavy atom. The number of nitrogens with zero attached hydrogens (tertiary/aromatic N) is 3. The Labute approximate surface area is 91.1 Å². The molecule has 15 heavy (non-hydrogen) atoms. The molecule has 0 aliphatic heterocycles. The number of nitrogens with two attached hydrogens (primary N) is 1. The summed E-state index contributed by atoms with van der Waals surface area (Å²) in [7, 11) is 0. The molecule has 84 valence electrons. The number of imidazole rings is 1. The lowest BCUT2D eigenvalue weighted by Crippen LogP contribution is -2.29. The zero-order valence-electron chi connectivity index (χ0n) is 9.39. The van der Waals surface area contributed by atoms with E-state index in [-0.39, 0.29) is 0 Å². The van der Waals surface area contributed by atoms with Gasteiger partial charge < -0.3 is 10.3 Å². The molecule has 0 atom stereocenters. The molecule has 1 fully saturated rings. The standard InChI is InChI=1S/C11H20N4/c1-2-14(10-3-4-10)5-6-15-9-13-8-11(15)7-12/h8-10H,2-7,12H2,1H3. The SMILES string of the molecule is CCN(CCn1cncc1CN)C1CC1. The average Bonchev–Trinajstić information content (AvgIpc) is 2.98. The van der Waals surface area contributed by atoms with Crippen molar-refractivity contribution in [2.45, 2.75) is 38.9 Å². The van der Waals surface area contributed by atoms with Gasteiger partial charge in [-0.3, -0.25) is 4.90 Å². The third-order valence-electron chi connectivity index (χ3n) is 3.11. The first-order chi connectivity index (χ1) is 7.35. The smallest absolute Gasteiger partial charge is 0.0949 e. The zero-order chi connectivity index (χ0) is 10.7. The molecule has 1 aliphatic rings. The highest BCUT2D eigenvalue weighted by Gasteiger charge is 2.27. The highest BCUT2D eigenvalue weighted by molar-refractivity contribution is 4.97. The van der Waals surface area contributed by atoms with Crippen LogP contribution in [0.4, 0.5) is 0 Å². The lowest BCUT2D eigenvalue weighted by atomic mass is 10.4. The fourth-order valence-corrected chi connectivity index (χ4v) is 1.99. The summed E-state index contributed by atoms with van der Waals surface area (Å²) in [4.78, 5) is 6.66. The second-order valence-electron chi connectivity index (χ2n) is 4.14. The highest BCUT2D eigenvalue weighted by Crippen LogP contribution is 2.26. The van der Waals surface area contributed by atoms with Gasteiger partial charge >= 0.3 is 0 Å². The molecule has 1 saturated carbocycles. The van der Waals surface area contributed by atoms with Crippen molar-refractivity contribution in [1.82, 2.24) is 14.5 Å². The van der Waals surface area contributed by atoms with E-state index >= 15 is 0 Å². The van der Waals surface area contributed by atoms with Gasteiger partial charge in [-0.2, -0.15) is 0 Å². The summed E-state index contributed by atoms with van der Waals surface area (Å²) in [5.74, 6) is 0. The molecule has 0 bridgehead atoms. The summed E-state index contributed by atoms with van der Waals surface area (Å²) in [5.41, 5.74) is 6.76. The summed E-state index contributed by atoms with van der Waals surface area (Å²) in [6.45, 7) is 6.09. The summed E-state index contributed by atoms with van der Waals surface area (Å²) in [6.07, 6.45) is 6.49. The molecule has 0 amide bonds. The minimum Gasteiger partial charge on any atom is -0.332 e. The summed E-state index contributed by atoms with van der Waals surface area (Å²) in [6, 6.07) is 0.847. The van der Waals surface area contributed by atoms with E-state index in [1.54, 1.807) is 0 Å². The number of aromatic nitrogens is 2. The molecule has 2 rings (SSSR count). The van der Waals surface area contributed by atoms with Gasteiger partial charge in [-0.05, 0) is 19.4 Å². The van der Waals surface area contributed by atoms with Gasteiger partial charge in [0.2, 0.25) is 0 Å². The van der Waals surface area contributed by atoms with Crippen LogP contribution in [0.15, 0.2) is 12.5 Å². The van der Waals surface area contributed by atoms with Crippen molar-refractivity contribution in [3.63, 3.8) is 0 Å². The Morgan fingerprint density at radius 2 is 2.40 bits per heavy atom. The lowest BCUT2D eigenvalue weighted by Gasteiger charge is -2.20. The topological polar surface area (TPSA) is 47.1 Å². The van der Waals surface area contributed by atoms with Crippen LogP contribution in [0.25, 0.3) is 0 Å². The van der Waals surface area contributed by atoms with Crippen molar-refractivity contribution in [3.05, 3.63) is 18.2 Å². The van der Waals surface area contributed by atoms with E-state index in [1.165, 1.54) is 12.8 Å². The molecule has 0 aromatic carbocycles. The molecule has 1 heterocycles. The fourth-order valence-electron chi connectivity index (χ4n) is 1.99. The Kier molecular flexibility index (Phi) is 3.38. The van der Waals surface area contributed by atoms with Gasteiger partial charge in [0.25, 0.3) is 0 Å². The van der Waals surface area contributed by atoms with Gasteiger partial charge in [0.05, 0.1) is 12.0 Å². The number of likely N-dealkylation sites (N-methyl/N-ethyl adjacent to an activating group) is 1. The predicted octanol–water partition coefficient (Wildman–Crippen LogP) is 0.826. The monoisotopic (exact) mass is 208 g/mol. The quantitative estimate of drug-likeness (QED) is 0.753. The van der Waals surface area contributed by atoms with Gasteiger partial charge in [0, 0.05) is 31.9 Å². The Hall–Kier alpha value is -0.870. The van der Waals surface area contributed by atoms with Gasteiger partial charge in [-0.25, -0.2) is 4.98 Å². The molecule has 4 nitrogen and oxygen atoms in total. The maximum atomic E-state index is 5.63. The summed E-state index contributed by atoms with van der Waals surface area (Å²) >= 11 is 0. The molecule has 1 aromatic rings. The van der Waals surface area contributed by atoms with Crippen LogP contribution in [0.1, 0.15) is 25.5 Å². The van der Waals surface area contributed by atoms with Crippen molar-refractivity contribution >= 4 is 0 Å². The van der Waals surface area contributed by atoms with Crippen molar-refractivity contribution in [3.8, 4) is 0 Å². The number of hydrogen-bond donors (Lipinski definition) is 1. The molecule has 0 spiro atoms. The van der Waals surface area contributed by atoms with Crippen LogP contribution in [0.2, 0.25) is 0 Å². The third-order valence-corrected chi connectivity index (χ3v) is 3.11. The van der Waals surface area contributed by atoms with Gasteiger partial charge in [0.1, 0.15) is 0 Å². The van der Waals surface area contributed by atoms with Crippen LogP contribution in [0.3, 0.4) is 0 Å². The summed E-state index contributed by atoms with van der Waals surface area (Å²) < 4.78 is 2.16. The van der Waals surface area contributed by atoms with Crippen LogP contribution in [0, 0.1) is 0 Å². The lowest BCUT2D eigenvalue weighted by molar-refractivity contribution is 0.265. The van der Waals surface area contributed by atoms with E-state index in [9.17, 15) is 0 Å². The van der Waals surface area contributed by atoms with Crippen LogP contribution in [0.5, 0.6) is 0 Å². The van der Waals surface area contributed by atoms with E-state index in [4.69, 9.17) is 5.73 Å². The molecule has 1 aliphatic carbocycles. The maximum Gasteiger partial charge on any atom is 0.0949 e. The van der Waals surface area contributed by atoms with Crippen LogP contribution in [-0.2, 0) is 13.1 Å². The average molecular weight is 208 g/mol. The van der Waals surface area contributed by atoms with E-state index in [0.29, 0.717) is 6.54 Å². The van der Waals surface area contributed by atoms with Crippen LogP contribution >= 0.6 is 0 Å². The van der Waals surface area contributed by atoms with E-state index in [1.807, 2.05) is 12.5 Å².